The van der Waals surface area contributed by atoms with E-state index in [0.717, 1.165) is 6.92 Å². The molecule has 98 valence electrons. The Bertz CT molecular complexity index is 207. The fourth-order valence-corrected chi connectivity index (χ4v) is 1.08. The molecule has 0 aliphatic carbocycles. The van der Waals surface area contributed by atoms with Gasteiger partial charge in [0.2, 0.25) is 0 Å². The predicted molar refractivity (Wildman–Crippen MR) is 51.9 cm³/mol. The largest absolute Gasteiger partial charge is 0.389 e. The maximum Gasteiger partial charge on any atom is 0.189 e. The van der Waals surface area contributed by atoms with Crippen LogP contribution in [-0.4, -0.2) is 78.6 Å². The molecule has 0 radical (unpaired) electrons. The van der Waals surface area contributed by atoms with E-state index in [1.807, 2.05) is 0 Å². The summed E-state index contributed by atoms with van der Waals surface area (Å²) in [6.07, 6.45) is -9.43. The maximum atomic E-state index is 9.32. The van der Waals surface area contributed by atoms with Crippen molar-refractivity contribution < 1.29 is 35.7 Å². The van der Waals surface area contributed by atoms with Crippen LogP contribution in [0.1, 0.15) is 6.92 Å². The Morgan fingerprint density at radius 3 is 1.69 bits per heavy atom. The van der Waals surface area contributed by atoms with Gasteiger partial charge in [0.05, 0.1) is 6.10 Å². The van der Waals surface area contributed by atoms with Crippen LogP contribution in [0.25, 0.3) is 0 Å². The van der Waals surface area contributed by atoms with Crippen molar-refractivity contribution in [3.05, 3.63) is 0 Å². The van der Waals surface area contributed by atoms with Crippen molar-refractivity contribution in [1.29, 1.82) is 0 Å². The fraction of sp³-hybridized carbons (Fsp3) is 1.00. The monoisotopic (exact) mass is 241 g/mol. The van der Waals surface area contributed by atoms with Gasteiger partial charge in [-0.25, -0.2) is 0 Å². The molecule has 0 aromatic carbocycles. The van der Waals surface area contributed by atoms with Crippen LogP contribution in [-0.2, 0) is 0 Å². The van der Waals surface area contributed by atoms with Gasteiger partial charge >= 0.3 is 0 Å². The Kier molecular flexibility index (Phi) is 5.73. The summed E-state index contributed by atoms with van der Waals surface area (Å²) in [7, 11) is 0. The summed E-state index contributed by atoms with van der Waals surface area (Å²) >= 11 is 0. The molecule has 0 bridgehead atoms. The van der Waals surface area contributed by atoms with Crippen LogP contribution in [0.2, 0.25) is 0 Å². The topological polar surface area (TPSA) is 168 Å². The molecule has 5 atom stereocenters. The lowest BCUT2D eigenvalue weighted by molar-refractivity contribution is -0.253. The van der Waals surface area contributed by atoms with E-state index >= 15 is 0 Å². The molecule has 0 rings (SSSR count). The molecule has 0 aromatic heterocycles. The van der Waals surface area contributed by atoms with Gasteiger partial charge in [0.25, 0.3) is 0 Å². The van der Waals surface area contributed by atoms with Gasteiger partial charge in [-0.1, -0.05) is 0 Å². The van der Waals surface area contributed by atoms with Crippen molar-refractivity contribution in [2.75, 3.05) is 6.54 Å². The molecule has 9 N–H and O–H groups in total. The van der Waals surface area contributed by atoms with Crippen molar-refractivity contribution in [2.24, 2.45) is 5.73 Å². The molecular formula is C8H19NO7. The Morgan fingerprint density at radius 1 is 0.938 bits per heavy atom. The van der Waals surface area contributed by atoms with Gasteiger partial charge in [-0.3, -0.25) is 0 Å². The molecular weight excluding hydrogens is 222 g/mol. The van der Waals surface area contributed by atoms with Gasteiger partial charge in [0.1, 0.15) is 24.4 Å². The first-order chi connectivity index (χ1) is 7.12. The summed E-state index contributed by atoms with van der Waals surface area (Å²) in [6.45, 7) is 0.426. The van der Waals surface area contributed by atoms with Crippen LogP contribution < -0.4 is 5.73 Å². The highest BCUT2D eigenvalue weighted by Crippen LogP contribution is 2.15. The van der Waals surface area contributed by atoms with E-state index in [0.29, 0.717) is 0 Å². The first kappa shape index (κ1) is 15.7. The lowest BCUT2D eigenvalue weighted by Crippen LogP contribution is -2.56. The normalized spacial score (nSPS) is 22.3. The lowest BCUT2D eigenvalue weighted by Gasteiger charge is -2.32. The second-order valence-corrected chi connectivity index (χ2v) is 3.81. The quantitative estimate of drug-likeness (QED) is 0.215. The predicted octanol–water partition coefficient (Wildman–Crippen LogP) is -4.55. The SMILES string of the molecule is CC(O)(O)C(O)C(O)C(O)C(O)C(O)CN. The summed E-state index contributed by atoms with van der Waals surface area (Å²) in [5, 5.41) is 64.1. The van der Waals surface area contributed by atoms with E-state index in [2.05, 4.69) is 0 Å². The van der Waals surface area contributed by atoms with Crippen LogP contribution >= 0.6 is 0 Å². The van der Waals surface area contributed by atoms with E-state index < -0.39 is 36.3 Å². The summed E-state index contributed by atoms with van der Waals surface area (Å²) < 4.78 is 0. The van der Waals surface area contributed by atoms with Crippen molar-refractivity contribution in [1.82, 2.24) is 0 Å². The highest BCUT2D eigenvalue weighted by molar-refractivity contribution is 4.88. The number of hydrogen-bond donors (Lipinski definition) is 8. The Balaban J connectivity index is 4.55. The highest BCUT2D eigenvalue weighted by Gasteiger charge is 2.41. The third-order valence-corrected chi connectivity index (χ3v) is 2.22. The average Bonchev–Trinajstić information content (AvgIpc) is 2.22. The number of rotatable bonds is 6. The molecule has 8 nitrogen and oxygen atoms in total. The third kappa shape index (κ3) is 3.92. The summed E-state index contributed by atoms with van der Waals surface area (Å²) in [5.41, 5.74) is 5.01. The molecule has 0 aliphatic rings. The summed E-state index contributed by atoms with van der Waals surface area (Å²) in [4.78, 5) is 0. The zero-order chi connectivity index (χ0) is 13.1. The molecule has 5 unspecified atom stereocenters. The lowest BCUT2D eigenvalue weighted by atomic mass is 9.95. The first-order valence-electron chi connectivity index (χ1n) is 4.68. The van der Waals surface area contributed by atoms with Crippen LogP contribution in [0.4, 0.5) is 0 Å². The Morgan fingerprint density at radius 2 is 1.38 bits per heavy atom. The standard InChI is InChI=1S/C8H19NO7/c1-8(15,16)7(14)6(13)5(12)4(11)3(10)2-9/h3-7,10-16H,2,9H2,1H3. The van der Waals surface area contributed by atoms with Crippen molar-refractivity contribution in [3.8, 4) is 0 Å². The van der Waals surface area contributed by atoms with Gasteiger partial charge in [-0.15, -0.1) is 0 Å². The van der Waals surface area contributed by atoms with Gasteiger partial charge in [0, 0.05) is 6.54 Å². The summed E-state index contributed by atoms with van der Waals surface area (Å²) in [5.74, 6) is -2.65. The second-order valence-electron chi connectivity index (χ2n) is 3.81. The van der Waals surface area contributed by atoms with Crippen molar-refractivity contribution in [3.63, 3.8) is 0 Å². The highest BCUT2D eigenvalue weighted by atomic mass is 16.5. The summed E-state index contributed by atoms with van der Waals surface area (Å²) in [6, 6.07) is 0. The minimum Gasteiger partial charge on any atom is -0.389 e. The van der Waals surface area contributed by atoms with Crippen molar-refractivity contribution >= 4 is 0 Å². The van der Waals surface area contributed by atoms with Crippen LogP contribution in [0, 0.1) is 0 Å². The molecule has 0 spiro atoms. The maximum absolute atomic E-state index is 9.32. The molecule has 0 amide bonds. The molecule has 0 heterocycles. The van der Waals surface area contributed by atoms with E-state index in [1.165, 1.54) is 0 Å². The number of nitrogens with two attached hydrogens (primary N) is 1. The number of aliphatic hydroxyl groups is 7. The van der Waals surface area contributed by atoms with E-state index in [-0.39, 0.29) is 6.54 Å². The number of hydrogen-bond acceptors (Lipinski definition) is 8. The Hall–Kier alpha value is -0.320. The zero-order valence-electron chi connectivity index (χ0n) is 8.80. The Labute approximate surface area is 92.2 Å². The smallest absolute Gasteiger partial charge is 0.189 e. The van der Waals surface area contributed by atoms with Gasteiger partial charge in [-0.05, 0) is 6.92 Å². The zero-order valence-corrected chi connectivity index (χ0v) is 8.80. The molecule has 0 saturated heterocycles. The molecule has 16 heavy (non-hydrogen) atoms. The minimum absolute atomic E-state index is 0.365. The molecule has 8 heteroatoms. The van der Waals surface area contributed by atoms with Gasteiger partial charge < -0.3 is 41.5 Å². The first-order valence-corrected chi connectivity index (χ1v) is 4.68. The van der Waals surface area contributed by atoms with E-state index in [1.54, 1.807) is 0 Å². The third-order valence-electron chi connectivity index (χ3n) is 2.22. The van der Waals surface area contributed by atoms with Crippen LogP contribution in [0.5, 0.6) is 0 Å². The van der Waals surface area contributed by atoms with Crippen molar-refractivity contribution in [2.45, 2.75) is 43.2 Å². The van der Waals surface area contributed by atoms with E-state index in [9.17, 15) is 20.4 Å². The molecule has 0 saturated carbocycles. The average molecular weight is 241 g/mol. The van der Waals surface area contributed by atoms with Crippen LogP contribution in [0.15, 0.2) is 0 Å². The second kappa shape index (κ2) is 5.84. The van der Waals surface area contributed by atoms with E-state index in [4.69, 9.17) is 21.1 Å². The van der Waals surface area contributed by atoms with Gasteiger partial charge in [0.15, 0.2) is 5.79 Å². The molecule has 0 aromatic rings. The van der Waals surface area contributed by atoms with Gasteiger partial charge in [-0.2, -0.15) is 0 Å². The number of aliphatic hydroxyl groups excluding tert-OH is 5. The van der Waals surface area contributed by atoms with Crippen LogP contribution in [0.3, 0.4) is 0 Å². The fourth-order valence-electron chi connectivity index (χ4n) is 1.08. The molecule has 0 aliphatic heterocycles. The molecule has 0 fully saturated rings. The minimum atomic E-state index is -2.65.